The number of hydrogen-bond acceptors (Lipinski definition) is 5. The Morgan fingerprint density at radius 3 is 3.12 bits per heavy atom. The van der Waals surface area contributed by atoms with E-state index in [1.165, 1.54) is 17.8 Å². The highest BCUT2D eigenvalue weighted by molar-refractivity contribution is 5.94. The molecule has 2 N–H and O–H groups in total. The molecule has 7 heteroatoms. The van der Waals surface area contributed by atoms with E-state index in [-0.39, 0.29) is 17.4 Å². The average Bonchev–Trinajstić information content (AvgIpc) is 3.22. The van der Waals surface area contributed by atoms with Crippen LogP contribution in [-0.2, 0) is 13.1 Å². The molecule has 1 aliphatic rings. The van der Waals surface area contributed by atoms with Gasteiger partial charge in [0.25, 0.3) is 5.91 Å². The lowest BCUT2D eigenvalue weighted by molar-refractivity contribution is 0.0939. The number of aryl methyl sites for hydroxylation is 1. The van der Waals surface area contributed by atoms with Gasteiger partial charge in [-0.15, -0.1) is 0 Å². The predicted octanol–water partition coefficient (Wildman–Crippen LogP) is 1.26. The minimum absolute atomic E-state index is 0.0827. The van der Waals surface area contributed by atoms with Gasteiger partial charge >= 0.3 is 0 Å². The van der Waals surface area contributed by atoms with Crippen molar-refractivity contribution >= 4 is 5.91 Å². The highest BCUT2D eigenvalue weighted by Gasteiger charge is 2.24. The number of aromatic nitrogens is 3. The smallest absolute Gasteiger partial charge is 0.273 e. The number of hydrogen-bond donors (Lipinski definition) is 2. The van der Waals surface area contributed by atoms with Crippen molar-refractivity contribution < 1.29 is 9.90 Å². The fourth-order valence-corrected chi connectivity index (χ4v) is 3.03. The molecule has 0 radical (unpaired) electrons. The zero-order chi connectivity index (χ0) is 16.9. The van der Waals surface area contributed by atoms with Gasteiger partial charge in [0.2, 0.25) is 0 Å². The molecule has 0 bridgehead atoms. The van der Waals surface area contributed by atoms with E-state index in [1.807, 2.05) is 10.9 Å². The molecule has 1 saturated heterocycles. The highest BCUT2D eigenvalue weighted by Crippen LogP contribution is 2.18. The molecule has 1 aliphatic heterocycles. The van der Waals surface area contributed by atoms with Crippen LogP contribution >= 0.6 is 0 Å². The summed E-state index contributed by atoms with van der Waals surface area (Å²) in [6.45, 7) is 6.42. The Bertz CT molecular complexity index is 700. The third-order valence-electron chi connectivity index (χ3n) is 4.34. The van der Waals surface area contributed by atoms with Gasteiger partial charge in [0.05, 0.1) is 6.20 Å². The Hall–Kier alpha value is -2.41. The first-order valence-electron chi connectivity index (χ1n) is 8.31. The van der Waals surface area contributed by atoms with Crippen LogP contribution < -0.4 is 5.32 Å². The van der Waals surface area contributed by atoms with Crippen LogP contribution in [0, 0.1) is 5.92 Å². The summed E-state index contributed by atoms with van der Waals surface area (Å²) >= 11 is 0. The first kappa shape index (κ1) is 16.4. The van der Waals surface area contributed by atoms with Crippen LogP contribution in [0.25, 0.3) is 0 Å². The maximum Gasteiger partial charge on any atom is 0.273 e. The molecule has 3 rings (SSSR count). The molecular weight excluding hydrogens is 306 g/mol. The van der Waals surface area contributed by atoms with Gasteiger partial charge in [0.1, 0.15) is 5.75 Å². The Morgan fingerprint density at radius 2 is 2.38 bits per heavy atom. The number of nitrogens with zero attached hydrogens (tertiary/aromatic N) is 4. The number of aromatic hydroxyl groups is 1. The summed E-state index contributed by atoms with van der Waals surface area (Å²) in [5, 5.41) is 16.8. The third-order valence-corrected chi connectivity index (χ3v) is 4.34. The minimum Gasteiger partial charge on any atom is -0.505 e. The van der Waals surface area contributed by atoms with E-state index in [4.69, 9.17) is 0 Å². The topological polar surface area (TPSA) is 83.3 Å². The molecule has 3 heterocycles. The largest absolute Gasteiger partial charge is 0.505 e. The second-order valence-corrected chi connectivity index (χ2v) is 6.18. The maximum absolute atomic E-state index is 12.1. The van der Waals surface area contributed by atoms with Crippen LogP contribution in [0.1, 0.15) is 29.4 Å². The van der Waals surface area contributed by atoms with Crippen LogP contribution in [0.4, 0.5) is 0 Å². The number of rotatable bonds is 6. The maximum atomic E-state index is 12.1. The fraction of sp³-hybridized carbons (Fsp3) is 0.471. The molecule has 0 aliphatic carbocycles. The van der Waals surface area contributed by atoms with Crippen molar-refractivity contribution in [2.45, 2.75) is 26.4 Å². The van der Waals surface area contributed by atoms with Crippen molar-refractivity contribution in [2.24, 2.45) is 5.92 Å². The zero-order valence-corrected chi connectivity index (χ0v) is 13.9. The van der Waals surface area contributed by atoms with Crippen LogP contribution in [0.5, 0.6) is 5.75 Å². The van der Waals surface area contributed by atoms with E-state index >= 15 is 0 Å². The summed E-state index contributed by atoms with van der Waals surface area (Å²) in [5.74, 6) is 0.00721. The van der Waals surface area contributed by atoms with E-state index < -0.39 is 0 Å². The molecule has 128 valence electrons. The standard InChI is InChI=1S/C17H23N5O2/c1-2-22-12-14(9-20-22)11-21-7-5-13(10-21)8-19-17(24)16-15(23)4-3-6-18-16/h3-4,6,9,12-13,23H,2,5,7-8,10-11H2,1H3,(H,19,24)/t13-/m0/s1. The number of pyridine rings is 1. The van der Waals surface area contributed by atoms with Crippen LogP contribution in [0.3, 0.4) is 0 Å². The Balaban J connectivity index is 1.46. The normalized spacial score (nSPS) is 18.0. The van der Waals surface area contributed by atoms with Crippen molar-refractivity contribution in [3.05, 3.63) is 42.0 Å². The first-order valence-corrected chi connectivity index (χ1v) is 8.31. The van der Waals surface area contributed by atoms with Crippen molar-refractivity contribution in [1.82, 2.24) is 25.0 Å². The Morgan fingerprint density at radius 1 is 1.50 bits per heavy atom. The zero-order valence-electron chi connectivity index (χ0n) is 13.9. The van der Waals surface area contributed by atoms with Crippen LogP contribution in [0.15, 0.2) is 30.7 Å². The Kier molecular flexibility index (Phi) is 5.10. The number of nitrogens with one attached hydrogen (secondary N) is 1. The highest BCUT2D eigenvalue weighted by atomic mass is 16.3. The van der Waals surface area contributed by atoms with Gasteiger partial charge in [0, 0.05) is 44.1 Å². The quantitative estimate of drug-likeness (QED) is 0.833. The molecule has 7 nitrogen and oxygen atoms in total. The number of carbonyl (C=O) groups excluding carboxylic acids is 1. The lowest BCUT2D eigenvalue weighted by atomic mass is 10.1. The van der Waals surface area contributed by atoms with Gasteiger partial charge in [-0.3, -0.25) is 14.4 Å². The molecule has 0 aromatic carbocycles. The van der Waals surface area contributed by atoms with E-state index in [1.54, 1.807) is 6.07 Å². The van der Waals surface area contributed by atoms with Crippen molar-refractivity contribution in [3.8, 4) is 5.75 Å². The van der Waals surface area contributed by atoms with E-state index in [2.05, 4.69) is 33.4 Å². The summed E-state index contributed by atoms with van der Waals surface area (Å²) in [6, 6.07) is 3.07. The predicted molar refractivity (Wildman–Crippen MR) is 89.5 cm³/mol. The fourth-order valence-electron chi connectivity index (χ4n) is 3.03. The van der Waals surface area contributed by atoms with E-state index in [0.29, 0.717) is 12.5 Å². The molecule has 1 amide bonds. The molecule has 24 heavy (non-hydrogen) atoms. The van der Waals surface area contributed by atoms with Crippen molar-refractivity contribution in [3.63, 3.8) is 0 Å². The first-order chi connectivity index (χ1) is 11.7. The van der Waals surface area contributed by atoms with E-state index in [9.17, 15) is 9.90 Å². The molecule has 0 saturated carbocycles. The minimum atomic E-state index is -0.323. The number of amides is 1. The molecule has 2 aromatic heterocycles. The van der Waals surface area contributed by atoms with Gasteiger partial charge in [-0.25, -0.2) is 4.98 Å². The summed E-state index contributed by atoms with van der Waals surface area (Å²) in [5.41, 5.74) is 1.30. The summed E-state index contributed by atoms with van der Waals surface area (Å²) < 4.78 is 1.93. The van der Waals surface area contributed by atoms with Gasteiger partial charge in [-0.2, -0.15) is 5.10 Å². The number of likely N-dealkylation sites (tertiary alicyclic amines) is 1. The SMILES string of the molecule is CCn1cc(CN2CC[C@@H](CNC(=O)c3ncccc3O)C2)cn1. The van der Waals surface area contributed by atoms with Crippen molar-refractivity contribution in [1.29, 1.82) is 0 Å². The molecule has 0 spiro atoms. The summed E-state index contributed by atoms with van der Waals surface area (Å²) in [4.78, 5) is 18.4. The van der Waals surface area contributed by atoms with Gasteiger partial charge < -0.3 is 10.4 Å². The van der Waals surface area contributed by atoms with Gasteiger partial charge in [-0.05, 0) is 37.9 Å². The summed E-state index contributed by atoms with van der Waals surface area (Å²) in [7, 11) is 0. The average molecular weight is 329 g/mol. The Labute approximate surface area is 141 Å². The van der Waals surface area contributed by atoms with Crippen molar-refractivity contribution in [2.75, 3.05) is 19.6 Å². The lowest BCUT2D eigenvalue weighted by Gasteiger charge is -2.15. The van der Waals surface area contributed by atoms with Gasteiger partial charge in [0.15, 0.2) is 5.69 Å². The van der Waals surface area contributed by atoms with Gasteiger partial charge in [-0.1, -0.05) is 0 Å². The second kappa shape index (κ2) is 7.44. The molecule has 2 aromatic rings. The van der Waals surface area contributed by atoms with E-state index in [0.717, 1.165) is 32.6 Å². The molecular formula is C17H23N5O2. The molecule has 1 atom stereocenters. The lowest BCUT2D eigenvalue weighted by Crippen LogP contribution is -2.31. The number of carbonyl (C=O) groups is 1. The molecule has 1 fully saturated rings. The third kappa shape index (κ3) is 3.91. The monoisotopic (exact) mass is 329 g/mol. The molecule has 0 unspecified atom stereocenters. The van der Waals surface area contributed by atoms with Crippen LogP contribution in [0.2, 0.25) is 0 Å². The summed E-state index contributed by atoms with van der Waals surface area (Å²) in [6.07, 6.45) is 6.56. The second-order valence-electron chi connectivity index (χ2n) is 6.18. The van der Waals surface area contributed by atoms with Crippen LogP contribution in [-0.4, -0.2) is 50.3 Å².